The van der Waals surface area contributed by atoms with Crippen LogP contribution < -0.4 is 4.90 Å². The molecule has 0 saturated carbocycles. The summed E-state index contributed by atoms with van der Waals surface area (Å²) in [7, 11) is 0. The molecule has 0 bridgehead atoms. The second-order valence-electron chi connectivity index (χ2n) is 5.21. The highest BCUT2D eigenvalue weighted by Gasteiger charge is 2.26. The molecule has 0 N–H and O–H groups in total. The van der Waals surface area contributed by atoms with Crippen molar-refractivity contribution in [2.24, 2.45) is 0 Å². The summed E-state index contributed by atoms with van der Waals surface area (Å²) in [4.78, 5) is 17.8. The minimum atomic E-state index is -0.498. The number of oxazole rings is 1. The van der Waals surface area contributed by atoms with Gasteiger partial charge in [-0.05, 0) is 24.6 Å². The van der Waals surface area contributed by atoms with Crippen LogP contribution in [0.4, 0.5) is 6.01 Å². The molecule has 1 saturated heterocycles. The highest BCUT2D eigenvalue weighted by Crippen LogP contribution is 2.30. The summed E-state index contributed by atoms with van der Waals surface area (Å²) in [5, 5.41) is 0.982. The van der Waals surface area contributed by atoms with E-state index in [1.54, 1.807) is 19.1 Å². The van der Waals surface area contributed by atoms with Crippen LogP contribution >= 0.6 is 23.2 Å². The normalized spacial score (nSPS) is 17.8. The Kier molecular flexibility index (Phi) is 5.28. The topological polar surface area (TPSA) is 64.8 Å². The Hall–Kier alpha value is -1.76. The second-order valence-corrected chi connectivity index (χ2v) is 6.03. The summed E-state index contributed by atoms with van der Waals surface area (Å²) >= 11 is 12.0. The molecule has 0 spiro atoms. The fourth-order valence-electron chi connectivity index (χ4n) is 2.45. The van der Waals surface area contributed by atoms with Crippen molar-refractivity contribution in [1.82, 2.24) is 4.98 Å². The van der Waals surface area contributed by atoms with E-state index in [2.05, 4.69) is 4.98 Å². The molecule has 24 heavy (non-hydrogen) atoms. The van der Waals surface area contributed by atoms with Crippen LogP contribution in [-0.4, -0.2) is 37.3 Å². The Morgan fingerprint density at radius 3 is 3.00 bits per heavy atom. The van der Waals surface area contributed by atoms with Crippen molar-refractivity contribution in [2.45, 2.75) is 13.0 Å². The Balaban J connectivity index is 1.73. The zero-order valence-corrected chi connectivity index (χ0v) is 14.5. The smallest absolute Gasteiger partial charge is 0.360 e. The SMILES string of the molecule is CCOC(=O)c1coc(N2CCOC(c3ccc(Cl)c(Cl)c3)C2)n1. The van der Waals surface area contributed by atoms with Gasteiger partial charge in [-0.3, -0.25) is 0 Å². The van der Waals surface area contributed by atoms with Gasteiger partial charge >= 0.3 is 5.97 Å². The van der Waals surface area contributed by atoms with E-state index in [0.717, 1.165) is 5.56 Å². The molecule has 2 aromatic rings. The number of ether oxygens (including phenoxy) is 2. The van der Waals surface area contributed by atoms with Crippen LogP contribution in [0.15, 0.2) is 28.9 Å². The van der Waals surface area contributed by atoms with Crippen molar-refractivity contribution in [3.8, 4) is 0 Å². The Bertz CT molecular complexity index is 735. The third kappa shape index (κ3) is 3.66. The maximum absolute atomic E-state index is 11.7. The van der Waals surface area contributed by atoms with Crippen LogP contribution in [0, 0.1) is 0 Å². The standard InChI is InChI=1S/C16H16Cl2N2O4/c1-2-22-15(21)13-9-24-16(19-13)20-5-6-23-14(8-20)10-3-4-11(17)12(18)7-10/h3-4,7,9,14H,2,5-6,8H2,1H3. The summed E-state index contributed by atoms with van der Waals surface area (Å²) in [5.74, 6) is -0.498. The average molecular weight is 371 g/mol. The fourth-order valence-corrected chi connectivity index (χ4v) is 2.75. The molecule has 2 heterocycles. The van der Waals surface area contributed by atoms with Crippen LogP contribution in [-0.2, 0) is 9.47 Å². The van der Waals surface area contributed by atoms with Gasteiger partial charge in [0.2, 0.25) is 0 Å². The van der Waals surface area contributed by atoms with E-state index in [4.69, 9.17) is 37.1 Å². The van der Waals surface area contributed by atoms with Crippen molar-refractivity contribution in [3.05, 3.63) is 45.8 Å². The lowest BCUT2D eigenvalue weighted by Gasteiger charge is -2.32. The maximum atomic E-state index is 11.7. The Morgan fingerprint density at radius 1 is 1.42 bits per heavy atom. The average Bonchev–Trinajstić information content (AvgIpc) is 3.08. The molecule has 1 atom stereocenters. The third-order valence-corrected chi connectivity index (χ3v) is 4.37. The molecule has 0 amide bonds. The molecule has 1 unspecified atom stereocenters. The van der Waals surface area contributed by atoms with Crippen LogP contribution in [0.3, 0.4) is 0 Å². The number of rotatable bonds is 4. The molecule has 0 aliphatic carbocycles. The predicted octanol–water partition coefficient (Wildman–Crippen LogP) is 3.74. The Labute approximate surface area is 149 Å². The highest BCUT2D eigenvalue weighted by molar-refractivity contribution is 6.42. The Morgan fingerprint density at radius 2 is 2.25 bits per heavy atom. The van der Waals surface area contributed by atoms with Gasteiger partial charge in [0.1, 0.15) is 12.4 Å². The number of hydrogen-bond acceptors (Lipinski definition) is 6. The monoisotopic (exact) mass is 370 g/mol. The van der Waals surface area contributed by atoms with E-state index in [9.17, 15) is 4.79 Å². The minimum absolute atomic E-state index is 0.157. The molecule has 1 fully saturated rings. The zero-order valence-electron chi connectivity index (χ0n) is 13.0. The second kappa shape index (κ2) is 7.42. The van der Waals surface area contributed by atoms with Crippen LogP contribution in [0.5, 0.6) is 0 Å². The van der Waals surface area contributed by atoms with Gasteiger partial charge in [-0.15, -0.1) is 0 Å². The summed E-state index contributed by atoms with van der Waals surface area (Å²) in [6.45, 7) is 3.67. The van der Waals surface area contributed by atoms with Gasteiger partial charge in [0.15, 0.2) is 5.69 Å². The number of nitrogens with zero attached hydrogens (tertiary/aromatic N) is 2. The van der Waals surface area contributed by atoms with Gasteiger partial charge in [0.25, 0.3) is 6.01 Å². The molecule has 1 aliphatic rings. The largest absolute Gasteiger partial charge is 0.461 e. The number of hydrogen-bond donors (Lipinski definition) is 0. The third-order valence-electron chi connectivity index (χ3n) is 3.63. The van der Waals surface area contributed by atoms with E-state index >= 15 is 0 Å². The van der Waals surface area contributed by atoms with Crippen molar-refractivity contribution in [1.29, 1.82) is 0 Å². The maximum Gasteiger partial charge on any atom is 0.360 e. The van der Waals surface area contributed by atoms with Crippen molar-refractivity contribution < 1.29 is 18.7 Å². The van der Waals surface area contributed by atoms with Crippen molar-refractivity contribution in [2.75, 3.05) is 31.2 Å². The van der Waals surface area contributed by atoms with Crippen molar-refractivity contribution in [3.63, 3.8) is 0 Å². The molecule has 1 aliphatic heterocycles. The van der Waals surface area contributed by atoms with E-state index < -0.39 is 5.97 Å². The molecule has 1 aromatic carbocycles. The molecule has 1 aromatic heterocycles. The quantitative estimate of drug-likeness (QED) is 0.763. The van der Waals surface area contributed by atoms with Crippen LogP contribution in [0.2, 0.25) is 10.0 Å². The molecule has 3 rings (SSSR count). The van der Waals surface area contributed by atoms with Crippen LogP contribution in [0.25, 0.3) is 0 Å². The lowest BCUT2D eigenvalue weighted by Crippen LogP contribution is -2.38. The predicted molar refractivity (Wildman–Crippen MR) is 89.8 cm³/mol. The number of aromatic nitrogens is 1. The molecule has 128 valence electrons. The molecule has 8 heteroatoms. The number of carbonyl (C=O) groups is 1. The molecule has 6 nitrogen and oxygen atoms in total. The van der Waals surface area contributed by atoms with E-state index in [1.165, 1.54) is 6.26 Å². The van der Waals surface area contributed by atoms with Gasteiger partial charge < -0.3 is 18.8 Å². The first-order chi connectivity index (χ1) is 11.6. The first-order valence-corrected chi connectivity index (χ1v) is 8.28. The van der Waals surface area contributed by atoms with Gasteiger partial charge in [0, 0.05) is 6.54 Å². The number of morpholine rings is 1. The van der Waals surface area contributed by atoms with Gasteiger partial charge in [-0.2, -0.15) is 4.98 Å². The van der Waals surface area contributed by atoms with E-state index in [1.807, 2.05) is 11.0 Å². The summed E-state index contributed by atoms with van der Waals surface area (Å²) in [6.07, 6.45) is 1.11. The number of carbonyl (C=O) groups excluding carboxylic acids is 1. The summed E-state index contributed by atoms with van der Waals surface area (Å²) in [6, 6.07) is 5.77. The molecular weight excluding hydrogens is 355 g/mol. The van der Waals surface area contributed by atoms with Gasteiger partial charge in [0.05, 0.1) is 29.8 Å². The minimum Gasteiger partial charge on any atom is -0.461 e. The summed E-state index contributed by atoms with van der Waals surface area (Å²) < 4.78 is 16.1. The number of halogens is 2. The number of esters is 1. The number of anilines is 1. The summed E-state index contributed by atoms with van der Waals surface area (Å²) in [5.41, 5.74) is 1.08. The first kappa shape index (κ1) is 17.1. The first-order valence-electron chi connectivity index (χ1n) is 7.52. The fraction of sp³-hybridized carbons (Fsp3) is 0.375. The molecule has 0 radical (unpaired) electrons. The highest BCUT2D eigenvalue weighted by atomic mass is 35.5. The lowest BCUT2D eigenvalue weighted by atomic mass is 10.1. The van der Waals surface area contributed by atoms with E-state index in [-0.39, 0.29) is 18.4 Å². The number of benzene rings is 1. The van der Waals surface area contributed by atoms with Gasteiger partial charge in [-0.1, -0.05) is 29.3 Å². The zero-order chi connectivity index (χ0) is 17.1. The van der Waals surface area contributed by atoms with Crippen LogP contribution in [0.1, 0.15) is 29.1 Å². The molecular formula is C16H16Cl2N2O4. The van der Waals surface area contributed by atoms with Crippen molar-refractivity contribution >= 4 is 35.2 Å². The van der Waals surface area contributed by atoms with E-state index in [0.29, 0.717) is 35.8 Å². The lowest BCUT2D eigenvalue weighted by molar-refractivity contribution is 0.0380. The van der Waals surface area contributed by atoms with Gasteiger partial charge in [-0.25, -0.2) is 4.79 Å².